The van der Waals surface area contributed by atoms with Crippen LogP contribution in [-0.4, -0.2) is 9.97 Å². The van der Waals surface area contributed by atoms with Crippen molar-refractivity contribution in [1.82, 2.24) is 9.97 Å². The Morgan fingerprint density at radius 3 is 1.26 bits per heavy atom. The first-order chi connectivity index (χ1) is 21.6. The fourth-order valence-corrected chi connectivity index (χ4v) is 6.69. The van der Waals surface area contributed by atoms with Crippen LogP contribution in [0.25, 0.3) is 33.6 Å². The van der Waals surface area contributed by atoms with Crippen molar-refractivity contribution in [1.29, 1.82) is 0 Å². The van der Waals surface area contributed by atoms with Gasteiger partial charge in [0.1, 0.15) is 0 Å². The smallest absolute Gasteiger partial charge is 0.305 e. The summed E-state index contributed by atoms with van der Waals surface area (Å²) in [5.41, 5.74) is 12.6. The minimum Gasteiger partial charge on any atom is -0.305 e. The van der Waals surface area contributed by atoms with Gasteiger partial charge in [0.2, 0.25) is 0 Å². The molecular weight excluding hydrogens is 740 g/mol. The summed E-state index contributed by atoms with van der Waals surface area (Å²) in [6, 6.07) is 47.1. The van der Waals surface area contributed by atoms with Crippen LogP contribution < -0.4 is 0 Å². The number of aromatic nitrogens is 2. The van der Waals surface area contributed by atoms with Crippen LogP contribution in [0.5, 0.6) is 0 Å². The SMILES string of the molecule is CC(C)(C)c1cc(-c2ccccn2)[c-]c(C2(c3[c-]c(-c4ccccn4)cc(C(C)(C)C)c3)c3ccccc3-c3ccccc32)c1.[Pt+2]. The Bertz CT molecular complexity index is 1870. The molecule has 2 nitrogen and oxygen atoms in total. The van der Waals surface area contributed by atoms with Crippen molar-refractivity contribution in [2.45, 2.75) is 57.8 Å². The first-order valence-corrected chi connectivity index (χ1v) is 15.8. The molecule has 2 heterocycles. The van der Waals surface area contributed by atoms with Crippen LogP contribution >= 0.6 is 0 Å². The van der Waals surface area contributed by atoms with Crippen LogP contribution in [0.2, 0.25) is 0 Å². The molecule has 0 atom stereocenters. The van der Waals surface area contributed by atoms with Gasteiger partial charge in [0.15, 0.2) is 0 Å². The minimum atomic E-state index is -0.664. The Morgan fingerprint density at radius 2 is 0.891 bits per heavy atom. The second-order valence-electron chi connectivity index (χ2n) is 14.2. The molecular formula is C43H38N2Pt. The molecule has 0 radical (unpaired) electrons. The van der Waals surface area contributed by atoms with Gasteiger partial charge in [-0.3, -0.25) is 0 Å². The number of pyridine rings is 2. The van der Waals surface area contributed by atoms with Crippen molar-refractivity contribution in [3.05, 3.63) is 167 Å². The standard InChI is InChI=1S/C43H38N2.Pt/c1-41(2,3)31-23-29(39-19-11-13-21-44-39)25-33(27-31)43(37-17-9-7-15-35(37)36-16-8-10-18-38(36)43)34-26-30(40-20-12-14-22-45-40)24-32(28-34)42(4,5)6;/h7-24,27-28H,1-6H3;/q-2;+2. The topological polar surface area (TPSA) is 25.8 Å². The summed E-state index contributed by atoms with van der Waals surface area (Å²) in [6.45, 7) is 13.7. The van der Waals surface area contributed by atoms with Crippen LogP contribution in [-0.2, 0) is 37.3 Å². The van der Waals surface area contributed by atoms with E-state index in [0.29, 0.717) is 0 Å². The molecule has 0 N–H and O–H groups in total. The predicted molar refractivity (Wildman–Crippen MR) is 185 cm³/mol. The third kappa shape index (κ3) is 5.37. The van der Waals surface area contributed by atoms with E-state index in [9.17, 15) is 0 Å². The zero-order valence-electron chi connectivity index (χ0n) is 27.3. The molecule has 0 aliphatic heterocycles. The molecule has 0 saturated carbocycles. The molecule has 2 aromatic heterocycles. The van der Waals surface area contributed by atoms with E-state index in [0.717, 1.165) is 33.6 Å². The fraction of sp³-hybridized carbons (Fsp3) is 0.209. The van der Waals surface area contributed by atoms with Gasteiger partial charge in [0.25, 0.3) is 0 Å². The first-order valence-electron chi connectivity index (χ1n) is 15.8. The molecule has 46 heavy (non-hydrogen) atoms. The summed E-state index contributed by atoms with van der Waals surface area (Å²) >= 11 is 0. The van der Waals surface area contributed by atoms with E-state index in [2.05, 4.69) is 151 Å². The second-order valence-corrected chi connectivity index (χ2v) is 14.2. The summed E-state index contributed by atoms with van der Waals surface area (Å²) in [5, 5.41) is 0. The molecule has 1 aliphatic carbocycles. The van der Waals surface area contributed by atoms with Crippen molar-refractivity contribution < 1.29 is 21.1 Å². The van der Waals surface area contributed by atoms with E-state index < -0.39 is 5.41 Å². The van der Waals surface area contributed by atoms with E-state index in [1.807, 2.05) is 24.5 Å². The van der Waals surface area contributed by atoms with Crippen LogP contribution in [0.4, 0.5) is 0 Å². The Labute approximate surface area is 288 Å². The number of fused-ring (bicyclic) bond motifs is 3. The third-order valence-electron chi connectivity index (χ3n) is 9.11. The average molecular weight is 778 g/mol. The number of hydrogen-bond donors (Lipinski definition) is 0. The van der Waals surface area contributed by atoms with E-state index >= 15 is 0 Å². The van der Waals surface area contributed by atoms with E-state index in [1.165, 1.54) is 33.4 Å². The van der Waals surface area contributed by atoms with E-state index in [1.54, 1.807) is 0 Å². The van der Waals surface area contributed by atoms with Crippen molar-refractivity contribution >= 4 is 0 Å². The largest absolute Gasteiger partial charge is 2.00 e. The first kappa shape index (κ1) is 31.8. The minimum absolute atomic E-state index is 0. The maximum atomic E-state index is 4.78. The van der Waals surface area contributed by atoms with Gasteiger partial charge < -0.3 is 9.97 Å². The molecule has 0 bridgehead atoms. The van der Waals surface area contributed by atoms with Gasteiger partial charge in [0, 0.05) is 17.8 Å². The number of benzene rings is 4. The van der Waals surface area contributed by atoms with Crippen molar-refractivity contribution in [2.24, 2.45) is 0 Å². The van der Waals surface area contributed by atoms with Crippen LogP contribution in [0, 0.1) is 12.1 Å². The Hall–Kier alpha value is -4.13. The maximum Gasteiger partial charge on any atom is 2.00 e. The molecule has 4 aromatic carbocycles. The fourth-order valence-electron chi connectivity index (χ4n) is 6.69. The van der Waals surface area contributed by atoms with Gasteiger partial charge >= 0.3 is 21.1 Å². The zero-order valence-corrected chi connectivity index (χ0v) is 29.5. The normalized spacial score (nSPS) is 13.4. The van der Waals surface area contributed by atoms with Gasteiger partial charge in [-0.2, -0.15) is 0 Å². The van der Waals surface area contributed by atoms with Gasteiger partial charge in [-0.15, -0.1) is 69.8 Å². The quantitative estimate of drug-likeness (QED) is 0.166. The van der Waals surface area contributed by atoms with Crippen LogP contribution in [0.1, 0.15) is 74.9 Å². The molecule has 3 heteroatoms. The molecule has 0 fully saturated rings. The summed E-state index contributed by atoms with van der Waals surface area (Å²) in [5.74, 6) is 0. The number of hydrogen-bond acceptors (Lipinski definition) is 2. The van der Waals surface area contributed by atoms with Gasteiger partial charge in [-0.05, 0) is 56.6 Å². The van der Waals surface area contributed by atoms with Gasteiger partial charge in [0.05, 0.1) is 0 Å². The maximum absolute atomic E-state index is 4.78. The summed E-state index contributed by atoms with van der Waals surface area (Å²) in [4.78, 5) is 9.55. The predicted octanol–water partition coefficient (Wildman–Crippen LogP) is 10.4. The zero-order chi connectivity index (χ0) is 31.4. The van der Waals surface area contributed by atoms with Crippen molar-refractivity contribution in [3.8, 4) is 33.6 Å². The second kappa shape index (κ2) is 11.9. The number of rotatable bonds is 4. The average Bonchev–Trinajstić information content (AvgIpc) is 3.36. The Balaban J connectivity index is 0.00000372. The Kier molecular flexibility index (Phi) is 8.24. The van der Waals surface area contributed by atoms with Crippen molar-refractivity contribution in [3.63, 3.8) is 0 Å². The van der Waals surface area contributed by atoms with Crippen LogP contribution in [0.15, 0.2) is 122 Å². The van der Waals surface area contributed by atoms with Crippen molar-refractivity contribution in [2.75, 3.05) is 0 Å². The molecule has 230 valence electrons. The summed E-state index contributed by atoms with van der Waals surface area (Å²) in [6.07, 6.45) is 3.73. The molecule has 6 aromatic rings. The molecule has 0 saturated heterocycles. The molecule has 0 spiro atoms. The molecule has 0 amide bonds. The molecule has 1 aliphatic rings. The molecule has 7 rings (SSSR count). The van der Waals surface area contributed by atoms with Gasteiger partial charge in [-0.1, -0.05) is 114 Å². The summed E-state index contributed by atoms with van der Waals surface area (Å²) < 4.78 is 0. The van der Waals surface area contributed by atoms with Crippen LogP contribution in [0.3, 0.4) is 0 Å². The van der Waals surface area contributed by atoms with E-state index in [-0.39, 0.29) is 31.9 Å². The monoisotopic (exact) mass is 777 g/mol. The molecule has 0 unspecified atom stereocenters. The Morgan fingerprint density at radius 1 is 0.500 bits per heavy atom. The van der Waals surface area contributed by atoms with Gasteiger partial charge in [-0.25, -0.2) is 0 Å². The third-order valence-corrected chi connectivity index (χ3v) is 9.11. The summed E-state index contributed by atoms with van der Waals surface area (Å²) in [7, 11) is 0. The van der Waals surface area contributed by atoms with E-state index in [4.69, 9.17) is 9.97 Å². The number of nitrogens with zero attached hydrogens (tertiary/aromatic N) is 2.